The number of anilines is 2. The zero-order chi connectivity index (χ0) is 14.1. The lowest BCUT2D eigenvalue weighted by Crippen LogP contribution is -2.14. The minimum atomic E-state index is 0.195. The number of fused-ring (bicyclic) bond motifs is 1. The Kier molecular flexibility index (Phi) is 2.90. The highest BCUT2D eigenvalue weighted by Crippen LogP contribution is 2.23. The van der Waals surface area contributed by atoms with Gasteiger partial charge in [0.05, 0.1) is 11.9 Å². The van der Waals surface area contributed by atoms with E-state index in [1.54, 1.807) is 6.20 Å². The predicted octanol–water partition coefficient (Wildman–Crippen LogP) is 1.74. The molecule has 3 aromatic rings. The first-order valence-electron chi connectivity index (χ1n) is 6.18. The number of nitrogen functional groups attached to an aromatic ring is 1. The van der Waals surface area contributed by atoms with Gasteiger partial charge in [-0.2, -0.15) is 9.97 Å². The Labute approximate surface area is 116 Å². The van der Waals surface area contributed by atoms with Crippen LogP contribution in [0.15, 0.2) is 36.5 Å². The molecule has 0 atom stereocenters. The highest BCUT2D eigenvalue weighted by Gasteiger charge is 2.12. The zero-order valence-electron chi connectivity index (χ0n) is 11.3. The molecule has 0 bridgehead atoms. The molecular weight excluding hydrogens is 252 g/mol. The van der Waals surface area contributed by atoms with Gasteiger partial charge in [-0.25, -0.2) is 9.97 Å². The Morgan fingerprint density at radius 1 is 1.00 bits per heavy atom. The highest BCUT2D eigenvalue weighted by molar-refractivity contribution is 5.85. The molecule has 6 nitrogen and oxygen atoms in total. The van der Waals surface area contributed by atoms with Crippen LogP contribution in [0.3, 0.4) is 0 Å². The fraction of sp³-hybridized carbons (Fsp3) is 0.143. The molecule has 3 rings (SSSR count). The summed E-state index contributed by atoms with van der Waals surface area (Å²) < 4.78 is 0. The predicted molar refractivity (Wildman–Crippen MR) is 79.3 cm³/mol. The quantitative estimate of drug-likeness (QED) is 0.761. The Morgan fingerprint density at radius 2 is 1.75 bits per heavy atom. The maximum atomic E-state index is 5.73. The van der Waals surface area contributed by atoms with Crippen LogP contribution in [0, 0.1) is 0 Å². The number of nitrogens with zero attached hydrogens (tertiary/aromatic N) is 5. The minimum absolute atomic E-state index is 0.195. The average Bonchev–Trinajstić information content (AvgIpc) is 2.46. The van der Waals surface area contributed by atoms with E-state index in [0.29, 0.717) is 17.0 Å². The molecule has 2 N–H and O–H groups in total. The van der Waals surface area contributed by atoms with Gasteiger partial charge in [-0.3, -0.25) is 0 Å². The summed E-state index contributed by atoms with van der Waals surface area (Å²) in [5.74, 6) is 0.861. The van der Waals surface area contributed by atoms with Gasteiger partial charge < -0.3 is 10.6 Å². The van der Waals surface area contributed by atoms with Crippen molar-refractivity contribution in [1.82, 2.24) is 19.9 Å². The zero-order valence-corrected chi connectivity index (χ0v) is 11.3. The summed E-state index contributed by atoms with van der Waals surface area (Å²) in [5.41, 5.74) is 8.64. The average molecular weight is 266 g/mol. The first-order valence-corrected chi connectivity index (χ1v) is 6.18. The summed E-state index contributed by atoms with van der Waals surface area (Å²) >= 11 is 0. The van der Waals surface area contributed by atoms with Crippen molar-refractivity contribution in [2.45, 2.75) is 0 Å². The molecule has 0 unspecified atom stereocenters. The van der Waals surface area contributed by atoms with Crippen LogP contribution >= 0.6 is 0 Å². The summed E-state index contributed by atoms with van der Waals surface area (Å²) in [4.78, 5) is 19.2. The molecule has 100 valence electrons. The molecule has 2 heterocycles. The normalized spacial score (nSPS) is 10.7. The van der Waals surface area contributed by atoms with Crippen molar-refractivity contribution in [3.8, 4) is 11.3 Å². The van der Waals surface area contributed by atoms with E-state index in [1.165, 1.54) is 0 Å². The van der Waals surface area contributed by atoms with Gasteiger partial charge in [0.2, 0.25) is 5.95 Å². The monoisotopic (exact) mass is 266 g/mol. The van der Waals surface area contributed by atoms with E-state index in [4.69, 9.17) is 5.73 Å². The van der Waals surface area contributed by atoms with E-state index in [9.17, 15) is 0 Å². The van der Waals surface area contributed by atoms with Crippen LogP contribution in [0.5, 0.6) is 0 Å². The van der Waals surface area contributed by atoms with Crippen molar-refractivity contribution in [2.75, 3.05) is 24.7 Å². The SMILES string of the molecule is CN(C)c1nc(N)nc2nc(-c3ccccc3)cnc12. The summed E-state index contributed by atoms with van der Waals surface area (Å²) in [7, 11) is 3.77. The smallest absolute Gasteiger partial charge is 0.224 e. The fourth-order valence-corrected chi connectivity index (χ4v) is 1.97. The number of hydrogen-bond acceptors (Lipinski definition) is 6. The van der Waals surface area contributed by atoms with Crippen LogP contribution in [0.25, 0.3) is 22.4 Å². The van der Waals surface area contributed by atoms with Gasteiger partial charge >= 0.3 is 0 Å². The van der Waals surface area contributed by atoms with E-state index in [2.05, 4.69) is 19.9 Å². The highest BCUT2D eigenvalue weighted by atomic mass is 15.2. The molecule has 0 radical (unpaired) electrons. The molecule has 0 aliphatic rings. The molecule has 2 aromatic heterocycles. The van der Waals surface area contributed by atoms with Crippen molar-refractivity contribution in [3.63, 3.8) is 0 Å². The Morgan fingerprint density at radius 3 is 2.45 bits per heavy atom. The van der Waals surface area contributed by atoms with Crippen LogP contribution in [0.2, 0.25) is 0 Å². The van der Waals surface area contributed by atoms with Gasteiger partial charge in [-0.15, -0.1) is 0 Å². The lowest BCUT2D eigenvalue weighted by molar-refractivity contribution is 1.05. The van der Waals surface area contributed by atoms with Gasteiger partial charge in [0.1, 0.15) is 0 Å². The van der Waals surface area contributed by atoms with E-state index in [0.717, 1.165) is 11.3 Å². The van der Waals surface area contributed by atoms with Gasteiger partial charge in [0.15, 0.2) is 17.0 Å². The van der Waals surface area contributed by atoms with Crippen molar-refractivity contribution >= 4 is 22.9 Å². The van der Waals surface area contributed by atoms with E-state index >= 15 is 0 Å². The second kappa shape index (κ2) is 4.73. The van der Waals surface area contributed by atoms with Crippen LogP contribution in [0.1, 0.15) is 0 Å². The summed E-state index contributed by atoms with van der Waals surface area (Å²) in [5, 5.41) is 0. The largest absolute Gasteiger partial charge is 0.368 e. The van der Waals surface area contributed by atoms with Gasteiger partial charge in [0, 0.05) is 19.7 Å². The first kappa shape index (κ1) is 12.3. The minimum Gasteiger partial charge on any atom is -0.368 e. The van der Waals surface area contributed by atoms with Crippen LogP contribution in [-0.2, 0) is 0 Å². The summed E-state index contributed by atoms with van der Waals surface area (Å²) in [6.45, 7) is 0. The molecule has 0 aliphatic carbocycles. The molecule has 0 saturated carbocycles. The van der Waals surface area contributed by atoms with E-state index in [1.807, 2.05) is 49.3 Å². The van der Waals surface area contributed by atoms with Crippen molar-refractivity contribution in [2.24, 2.45) is 0 Å². The van der Waals surface area contributed by atoms with Crippen molar-refractivity contribution < 1.29 is 0 Å². The third-order valence-electron chi connectivity index (χ3n) is 2.90. The molecule has 6 heteroatoms. The number of benzene rings is 1. The van der Waals surface area contributed by atoms with E-state index in [-0.39, 0.29) is 5.95 Å². The standard InChI is InChI=1S/C14H14N6/c1-20(2)13-11-12(18-14(15)19-13)17-10(8-16-11)9-6-4-3-5-7-9/h3-8H,1-2H3,(H2,15,17,18,19). The van der Waals surface area contributed by atoms with Gasteiger partial charge in [0.25, 0.3) is 0 Å². The Balaban J connectivity index is 2.22. The first-order chi connectivity index (χ1) is 9.65. The maximum Gasteiger partial charge on any atom is 0.224 e. The number of aromatic nitrogens is 4. The summed E-state index contributed by atoms with van der Waals surface area (Å²) in [6.07, 6.45) is 1.73. The van der Waals surface area contributed by atoms with Crippen LogP contribution < -0.4 is 10.6 Å². The molecule has 0 saturated heterocycles. The Bertz CT molecular complexity index is 754. The third-order valence-corrected chi connectivity index (χ3v) is 2.90. The topological polar surface area (TPSA) is 80.8 Å². The molecule has 0 spiro atoms. The molecular formula is C14H14N6. The van der Waals surface area contributed by atoms with Crippen molar-refractivity contribution in [3.05, 3.63) is 36.5 Å². The molecule has 0 fully saturated rings. The number of rotatable bonds is 2. The number of hydrogen-bond donors (Lipinski definition) is 1. The third kappa shape index (κ3) is 2.11. The second-order valence-corrected chi connectivity index (χ2v) is 4.59. The van der Waals surface area contributed by atoms with Gasteiger partial charge in [-0.1, -0.05) is 30.3 Å². The molecule has 20 heavy (non-hydrogen) atoms. The second-order valence-electron chi connectivity index (χ2n) is 4.59. The van der Waals surface area contributed by atoms with Crippen LogP contribution in [-0.4, -0.2) is 34.0 Å². The lowest BCUT2D eigenvalue weighted by atomic mass is 10.2. The van der Waals surface area contributed by atoms with Gasteiger partial charge in [-0.05, 0) is 0 Å². The van der Waals surface area contributed by atoms with Crippen molar-refractivity contribution in [1.29, 1.82) is 0 Å². The molecule has 1 aromatic carbocycles. The maximum absolute atomic E-state index is 5.73. The molecule has 0 amide bonds. The van der Waals surface area contributed by atoms with Crippen LogP contribution in [0.4, 0.5) is 11.8 Å². The molecule has 0 aliphatic heterocycles. The van der Waals surface area contributed by atoms with E-state index < -0.39 is 0 Å². The summed E-state index contributed by atoms with van der Waals surface area (Å²) in [6, 6.07) is 9.84. The fourth-order valence-electron chi connectivity index (χ4n) is 1.97. The number of nitrogens with two attached hydrogens (primary N) is 1. The lowest BCUT2D eigenvalue weighted by Gasteiger charge is -2.13. The Hall–Kier alpha value is -2.76.